The first-order valence-electron chi connectivity index (χ1n) is 7.49. The molecule has 2 aromatic rings. The van der Waals surface area contributed by atoms with E-state index in [9.17, 15) is 14.7 Å². The summed E-state index contributed by atoms with van der Waals surface area (Å²) < 4.78 is 1.14. The number of hydrogen-bond acceptors (Lipinski definition) is 3. The highest BCUT2D eigenvalue weighted by molar-refractivity contribution is 6.30. The van der Waals surface area contributed by atoms with E-state index in [1.54, 1.807) is 24.3 Å². The quantitative estimate of drug-likeness (QED) is 0.888. The Morgan fingerprint density at radius 3 is 2.43 bits per heavy atom. The molecule has 0 saturated heterocycles. The Bertz CT molecular complexity index is 825. The summed E-state index contributed by atoms with van der Waals surface area (Å²) in [6.07, 6.45) is 3.10. The molecule has 0 unspecified atom stereocenters. The first-order chi connectivity index (χ1) is 11.0. The van der Waals surface area contributed by atoms with E-state index in [1.807, 2.05) is 0 Å². The van der Waals surface area contributed by atoms with Crippen molar-refractivity contribution in [1.29, 1.82) is 0 Å². The number of pyridine rings is 1. The van der Waals surface area contributed by atoms with E-state index in [-0.39, 0.29) is 17.0 Å². The van der Waals surface area contributed by atoms with Gasteiger partial charge in [-0.15, -0.1) is 0 Å². The summed E-state index contributed by atoms with van der Waals surface area (Å²) in [6, 6.07) is 6.72. The summed E-state index contributed by atoms with van der Waals surface area (Å²) in [5.41, 5.74) is 1.86. The van der Waals surface area contributed by atoms with Crippen LogP contribution >= 0.6 is 11.6 Å². The SMILES string of the molecule is Cn1c(O)c(C(=O)Nc2ccc(Cl)cc2)c2c(c1=O)CCCC2. The predicted molar refractivity (Wildman–Crippen MR) is 89.4 cm³/mol. The van der Waals surface area contributed by atoms with Crippen LogP contribution < -0.4 is 10.9 Å². The maximum atomic E-state index is 12.6. The lowest BCUT2D eigenvalue weighted by Crippen LogP contribution is -2.29. The molecule has 0 spiro atoms. The van der Waals surface area contributed by atoms with Crippen molar-refractivity contribution in [3.05, 3.63) is 56.3 Å². The summed E-state index contributed by atoms with van der Waals surface area (Å²) in [7, 11) is 1.48. The standard InChI is InChI=1S/C17H17ClN2O3/c1-20-16(22)13-5-3-2-4-12(13)14(17(20)23)15(21)19-11-8-6-10(18)7-9-11/h6-9,23H,2-5H2,1H3,(H,19,21). The Hall–Kier alpha value is -2.27. The van der Waals surface area contributed by atoms with E-state index in [0.29, 0.717) is 34.7 Å². The average Bonchev–Trinajstić information content (AvgIpc) is 2.55. The highest BCUT2D eigenvalue weighted by Gasteiger charge is 2.26. The zero-order chi connectivity index (χ0) is 16.6. The van der Waals surface area contributed by atoms with Crippen LogP contribution in [0.1, 0.15) is 34.3 Å². The largest absolute Gasteiger partial charge is 0.494 e. The third-order valence-electron chi connectivity index (χ3n) is 4.20. The minimum Gasteiger partial charge on any atom is -0.494 e. The first-order valence-corrected chi connectivity index (χ1v) is 7.87. The van der Waals surface area contributed by atoms with Gasteiger partial charge in [0.25, 0.3) is 11.5 Å². The minimum absolute atomic E-state index is 0.191. The summed E-state index contributed by atoms with van der Waals surface area (Å²) >= 11 is 5.83. The van der Waals surface area contributed by atoms with Gasteiger partial charge in [0.1, 0.15) is 5.56 Å². The van der Waals surface area contributed by atoms with Crippen LogP contribution in [0.15, 0.2) is 29.1 Å². The molecule has 1 aliphatic carbocycles. The normalized spacial score (nSPS) is 13.5. The van der Waals surface area contributed by atoms with Crippen molar-refractivity contribution in [3.8, 4) is 5.88 Å². The average molecular weight is 333 g/mol. The summed E-state index contributed by atoms with van der Waals surface area (Å²) in [4.78, 5) is 24.9. The van der Waals surface area contributed by atoms with Crippen molar-refractivity contribution < 1.29 is 9.90 Å². The molecule has 1 aliphatic rings. The maximum Gasteiger partial charge on any atom is 0.261 e. The lowest BCUT2D eigenvalue weighted by atomic mass is 9.89. The molecule has 3 rings (SSSR count). The Labute approximate surface area is 138 Å². The molecule has 0 atom stereocenters. The van der Waals surface area contributed by atoms with Crippen molar-refractivity contribution in [2.75, 3.05) is 5.32 Å². The van der Waals surface area contributed by atoms with E-state index in [1.165, 1.54) is 7.05 Å². The summed E-state index contributed by atoms with van der Waals surface area (Å²) in [5, 5.41) is 13.6. The van der Waals surface area contributed by atoms with Crippen LogP contribution in [0.2, 0.25) is 5.02 Å². The number of amides is 1. The number of rotatable bonds is 2. The fraction of sp³-hybridized carbons (Fsp3) is 0.294. The van der Waals surface area contributed by atoms with Crippen molar-refractivity contribution >= 4 is 23.2 Å². The third kappa shape index (κ3) is 2.84. The molecule has 1 aromatic heterocycles. The fourth-order valence-electron chi connectivity index (χ4n) is 2.98. The van der Waals surface area contributed by atoms with Crippen LogP contribution in [0, 0.1) is 0 Å². The summed E-state index contributed by atoms with van der Waals surface area (Å²) in [5.74, 6) is -0.708. The Morgan fingerprint density at radius 2 is 1.78 bits per heavy atom. The third-order valence-corrected chi connectivity index (χ3v) is 4.45. The molecule has 23 heavy (non-hydrogen) atoms. The first kappa shape index (κ1) is 15.6. The molecule has 1 aromatic carbocycles. The number of carbonyl (C=O) groups excluding carboxylic acids is 1. The van der Waals surface area contributed by atoms with Crippen LogP contribution in [-0.4, -0.2) is 15.6 Å². The van der Waals surface area contributed by atoms with Crippen LogP contribution in [0.25, 0.3) is 0 Å². The molecular formula is C17H17ClN2O3. The van der Waals surface area contributed by atoms with Gasteiger partial charge in [0.2, 0.25) is 5.88 Å². The van der Waals surface area contributed by atoms with E-state index in [2.05, 4.69) is 5.32 Å². The monoisotopic (exact) mass is 332 g/mol. The van der Waals surface area contributed by atoms with Crippen molar-refractivity contribution in [2.45, 2.75) is 25.7 Å². The van der Waals surface area contributed by atoms with Crippen LogP contribution in [0.5, 0.6) is 5.88 Å². The van der Waals surface area contributed by atoms with Gasteiger partial charge in [0, 0.05) is 23.3 Å². The number of halogens is 1. The number of benzene rings is 1. The highest BCUT2D eigenvalue weighted by atomic mass is 35.5. The zero-order valence-corrected chi connectivity index (χ0v) is 13.5. The van der Waals surface area contributed by atoms with Gasteiger partial charge in [-0.2, -0.15) is 0 Å². The van der Waals surface area contributed by atoms with Crippen molar-refractivity contribution in [2.24, 2.45) is 7.05 Å². The number of aromatic nitrogens is 1. The number of hydrogen-bond donors (Lipinski definition) is 2. The molecular weight excluding hydrogens is 316 g/mol. The Morgan fingerprint density at radius 1 is 1.17 bits per heavy atom. The Kier molecular flexibility index (Phi) is 4.13. The maximum absolute atomic E-state index is 12.6. The second kappa shape index (κ2) is 6.08. The predicted octanol–water partition coefficient (Wildman–Crippen LogP) is 2.88. The molecule has 0 aliphatic heterocycles. The zero-order valence-electron chi connectivity index (χ0n) is 12.7. The van der Waals surface area contributed by atoms with Crippen LogP contribution in [0.3, 0.4) is 0 Å². The van der Waals surface area contributed by atoms with E-state index >= 15 is 0 Å². The van der Waals surface area contributed by atoms with Crippen LogP contribution in [-0.2, 0) is 19.9 Å². The lowest BCUT2D eigenvalue weighted by molar-refractivity contribution is 0.102. The second-order valence-electron chi connectivity index (χ2n) is 5.69. The van der Waals surface area contributed by atoms with Gasteiger partial charge < -0.3 is 10.4 Å². The van der Waals surface area contributed by atoms with E-state index in [0.717, 1.165) is 17.4 Å². The smallest absolute Gasteiger partial charge is 0.261 e. The van der Waals surface area contributed by atoms with Crippen molar-refractivity contribution in [3.63, 3.8) is 0 Å². The molecule has 5 nitrogen and oxygen atoms in total. The number of fused-ring (bicyclic) bond motifs is 1. The molecule has 0 fully saturated rings. The van der Waals surface area contributed by atoms with Gasteiger partial charge >= 0.3 is 0 Å². The van der Waals surface area contributed by atoms with Gasteiger partial charge in [0.15, 0.2) is 0 Å². The fourth-order valence-corrected chi connectivity index (χ4v) is 3.11. The molecule has 1 amide bonds. The lowest BCUT2D eigenvalue weighted by Gasteiger charge is -2.21. The van der Waals surface area contributed by atoms with Gasteiger partial charge in [-0.25, -0.2) is 0 Å². The number of aromatic hydroxyl groups is 1. The molecule has 0 bridgehead atoms. The number of anilines is 1. The van der Waals surface area contributed by atoms with Gasteiger partial charge in [-0.1, -0.05) is 11.6 Å². The topological polar surface area (TPSA) is 71.3 Å². The second-order valence-corrected chi connectivity index (χ2v) is 6.12. The molecule has 0 saturated carbocycles. The van der Waals surface area contributed by atoms with E-state index < -0.39 is 5.91 Å². The molecule has 2 N–H and O–H groups in total. The van der Waals surface area contributed by atoms with Gasteiger partial charge in [-0.05, 0) is 55.5 Å². The van der Waals surface area contributed by atoms with Crippen molar-refractivity contribution in [1.82, 2.24) is 4.57 Å². The molecule has 0 radical (unpaired) electrons. The number of carbonyl (C=O) groups is 1. The highest BCUT2D eigenvalue weighted by Crippen LogP contribution is 2.28. The molecule has 6 heteroatoms. The van der Waals surface area contributed by atoms with Gasteiger partial charge in [-0.3, -0.25) is 14.2 Å². The molecule has 1 heterocycles. The number of nitrogens with zero attached hydrogens (tertiary/aromatic N) is 1. The van der Waals surface area contributed by atoms with Crippen LogP contribution in [0.4, 0.5) is 5.69 Å². The molecule has 120 valence electrons. The van der Waals surface area contributed by atoms with Gasteiger partial charge in [0.05, 0.1) is 0 Å². The van der Waals surface area contributed by atoms with E-state index in [4.69, 9.17) is 11.6 Å². The Balaban J connectivity index is 2.05. The number of nitrogens with one attached hydrogen (secondary N) is 1. The minimum atomic E-state index is -0.418. The summed E-state index contributed by atoms with van der Waals surface area (Å²) in [6.45, 7) is 0.